The van der Waals surface area contributed by atoms with E-state index < -0.39 is 0 Å². The molecular formula is C15H24N4O2S3. The number of hydrogen-bond donors (Lipinski definition) is 2. The normalized spacial score (nSPS) is 12.0. The lowest BCUT2D eigenvalue weighted by atomic mass is 10.2. The van der Waals surface area contributed by atoms with Gasteiger partial charge in [0.15, 0.2) is 0 Å². The molecule has 0 fully saturated rings. The van der Waals surface area contributed by atoms with Crippen molar-refractivity contribution in [1.82, 2.24) is 14.9 Å². The minimum Gasteiger partial charge on any atom is -0.396 e. The third-order valence-electron chi connectivity index (χ3n) is 3.13. The van der Waals surface area contributed by atoms with E-state index in [2.05, 4.69) is 16.9 Å². The van der Waals surface area contributed by atoms with E-state index in [0.29, 0.717) is 30.2 Å². The van der Waals surface area contributed by atoms with Crippen LogP contribution in [-0.2, 0) is 11.3 Å². The van der Waals surface area contributed by atoms with Gasteiger partial charge in [0.05, 0.1) is 6.54 Å². The highest BCUT2D eigenvalue weighted by molar-refractivity contribution is 9.10. The third kappa shape index (κ3) is 6.92. The topological polar surface area (TPSA) is 92.3 Å². The first-order chi connectivity index (χ1) is 11.5. The molecule has 1 heterocycles. The van der Waals surface area contributed by atoms with Gasteiger partial charge >= 0.3 is 0 Å². The summed E-state index contributed by atoms with van der Waals surface area (Å²) in [4.78, 5) is 22.4. The number of nitrogen functional groups attached to an aromatic ring is 1. The first-order valence-electron chi connectivity index (χ1n) is 7.60. The maximum atomic E-state index is 11.5. The molecule has 0 aliphatic carbocycles. The molecule has 0 spiro atoms. The van der Waals surface area contributed by atoms with Gasteiger partial charge in [-0.1, -0.05) is 17.7 Å². The second kappa shape index (κ2) is 11.6. The van der Waals surface area contributed by atoms with Crippen molar-refractivity contribution < 1.29 is 9.90 Å². The molecule has 0 aromatic carbocycles. The van der Waals surface area contributed by atoms with Crippen LogP contribution in [-0.4, -0.2) is 38.7 Å². The minimum atomic E-state index is 0.0428. The molecule has 1 aromatic heterocycles. The fourth-order valence-electron chi connectivity index (χ4n) is 1.78. The van der Waals surface area contributed by atoms with E-state index >= 15 is 0 Å². The molecule has 1 rings (SSSR count). The molecule has 1 aromatic rings. The number of hydrogen-bond acceptors (Lipinski definition) is 8. The number of amides is 1. The summed E-state index contributed by atoms with van der Waals surface area (Å²) in [6.45, 7) is 6.13. The molecule has 0 radical (unpaired) electrons. The molecule has 0 aliphatic rings. The number of rotatable bonds is 11. The standard InChI is InChI=1S/C15H24N4O2S3/c1-4-7-22-24-23-14(5-6-20)11(2)19(10-21)9-13-8-17-12(3)18-15(13)16/h8,10,20H,4-7,9H2,1-3H3,(H2,16,17,18)/b14-11+. The lowest BCUT2D eigenvalue weighted by Crippen LogP contribution is -2.21. The van der Waals surface area contributed by atoms with Gasteiger partial charge in [0, 0.05) is 41.1 Å². The van der Waals surface area contributed by atoms with Crippen molar-refractivity contribution in [3.8, 4) is 0 Å². The van der Waals surface area contributed by atoms with Crippen LogP contribution >= 0.6 is 31.4 Å². The summed E-state index contributed by atoms with van der Waals surface area (Å²) in [5.74, 6) is 2.05. The summed E-state index contributed by atoms with van der Waals surface area (Å²) in [7, 11) is 5.03. The van der Waals surface area contributed by atoms with Crippen LogP contribution in [0.4, 0.5) is 5.82 Å². The summed E-state index contributed by atoms with van der Waals surface area (Å²) in [5.41, 5.74) is 7.43. The Kier molecular flexibility index (Phi) is 10.2. The van der Waals surface area contributed by atoms with Gasteiger partial charge in [-0.15, -0.1) is 0 Å². The van der Waals surface area contributed by atoms with Crippen LogP contribution in [0, 0.1) is 6.92 Å². The number of nitrogens with zero attached hydrogens (tertiary/aromatic N) is 3. The quantitative estimate of drug-likeness (QED) is 0.339. The fraction of sp³-hybridized carbons (Fsp3) is 0.533. The second-order valence-electron chi connectivity index (χ2n) is 5.02. The predicted molar refractivity (Wildman–Crippen MR) is 105 cm³/mol. The van der Waals surface area contributed by atoms with Gasteiger partial charge in [0.1, 0.15) is 11.6 Å². The lowest BCUT2D eigenvalue weighted by Gasteiger charge is -2.21. The number of carbonyl (C=O) groups is 1. The molecule has 0 bridgehead atoms. The van der Waals surface area contributed by atoms with Crippen molar-refractivity contribution in [3.63, 3.8) is 0 Å². The smallest absolute Gasteiger partial charge is 0.214 e. The van der Waals surface area contributed by atoms with E-state index in [0.717, 1.165) is 29.2 Å². The van der Waals surface area contributed by atoms with Gasteiger partial charge in [-0.3, -0.25) is 4.79 Å². The predicted octanol–water partition coefficient (Wildman–Crippen LogP) is 3.38. The summed E-state index contributed by atoms with van der Waals surface area (Å²) >= 11 is 0. The molecule has 3 N–H and O–H groups in total. The maximum Gasteiger partial charge on any atom is 0.214 e. The molecule has 24 heavy (non-hydrogen) atoms. The number of anilines is 1. The third-order valence-corrected chi connectivity index (χ3v) is 7.64. The number of aliphatic hydroxyl groups excluding tert-OH is 1. The molecule has 6 nitrogen and oxygen atoms in total. The van der Waals surface area contributed by atoms with E-state index in [1.807, 2.05) is 6.92 Å². The highest BCUT2D eigenvalue weighted by Gasteiger charge is 2.14. The summed E-state index contributed by atoms with van der Waals surface area (Å²) in [5, 5.41) is 9.30. The number of aliphatic hydroxyl groups is 1. The van der Waals surface area contributed by atoms with Gasteiger partial charge in [0.2, 0.25) is 6.41 Å². The molecular weight excluding hydrogens is 364 g/mol. The first-order valence-corrected chi connectivity index (χ1v) is 11.2. The Bertz CT molecular complexity index is 570. The zero-order valence-corrected chi connectivity index (χ0v) is 16.6. The first kappa shape index (κ1) is 21.1. The SMILES string of the molecule is CCCSSS/C(CCO)=C(\C)N(C=O)Cc1cnc(C)nc1N. The summed E-state index contributed by atoms with van der Waals surface area (Å²) < 4.78 is 0. The number of allylic oxidation sites excluding steroid dienone is 1. The Morgan fingerprint density at radius 1 is 1.50 bits per heavy atom. The van der Waals surface area contributed by atoms with Crippen molar-refractivity contribution in [1.29, 1.82) is 0 Å². The highest BCUT2D eigenvalue weighted by atomic mass is 33.5. The Labute approximate surface area is 154 Å². The van der Waals surface area contributed by atoms with Crippen molar-refractivity contribution in [3.05, 3.63) is 28.2 Å². The van der Waals surface area contributed by atoms with Gasteiger partial charge in [-0.05, 0) is 40.9 Å². The van der Waals surface area contributed by atoms with Crippen LogP contribution in [0.5, 0.6) is 0 Å². The number of carbonyl (C=O) groups excluding carboxylic acids is 1. The van der Waals surface area contributed by atoms with Gasteiger partial charge < -0.3 is 15.7 Å². The Hall–Kier alpha value is -0.900. The minimum absolute atomic E-state index is 0.0428. The maximum absolute atomic E-state index is 11.5. The monoisotopic (exact) mass is 388 g/mol. The molecule has 0 atom stereocenters. The molecule has 9 heteroatoms. The van der Waals surface area contributed by atoms with Gasteiger partial charge in [-0.25, -0.2) is 9.97 Å². The molecule has 134 valence electrons. The fourth-order valence-corrected chi connectivity index (χ4v) is 6.05. The Morgan fingerprint density at radius 3 is 2.83 bits per heavy atom. The molecule has 0 saturated carbocycles. The van der Waals surface area contributed by atoms with E-state index in [9.17, 15) is 9.90 Å². The van der Waals surface area contributed by atoms with E-state index in [1.54, 1.807) is 49.4 Å². The van der Waals surface area contributed by atoms with Crippen molar-refractivity contribution in [2.24, 2.45) is 0 Å². The molecule has 0 saturated heterocycles. The van der Waals surface area contributed by atoms with E-state index in [4.69, 9.17) is 5.73 Å². The largest absolute Gasteiger partial charge is 0.396 e. The lowest BCUT2D eigenvalue weighted by molar-refractivity contribution is -0.116. The van der Waals surface area contributed by atoms with E-state index in [1.165, 1.54) is 0 Å². The van der Waals surface area contributed by atoms with Crippen LogP contribution in [0.25, 0.3) is 0 Å². The highest BCUT2D eigenvalue weighted by Crippen LogP contribution is 2.42. The Morgan fingerprint density at radius 2 is 2.25 bits per heavy atom. The average Bonchev–Trinajstić information content (AvgIpc) is 2.56. The zero-order chi connectivity index (χ0) is 17.9. The zero-order valence-electron chi connectivity index (χ0n) is 14.2. The van der Waals surface area contributed by atoms with Crippen LogP contribution < -0.4 is 5.73 Å². The average molecular weight is 389 g/mol. The molecule has 1 amide bonds. The summed E-state index contributed by atoms with van der Waals surface area (Å²) in [6.07, 6.45) is 4.05. The number of aromatic nitrogens is 2. The van der Waals surface area contributed by atoms with Crippen LogP contribution in [0.3, 0.4) is 0 Å². The van der Waals surface area contributed by atoms with Crippen LogP contribution in [0.2, 0.25) is 0 Å². The summed E-state index contributed by atoms with van der Waals surface area (Å²) in [6, 6.07) is 0. The van der Waals surface area contributed by atoms with Crippen molar-refractivity contribution in [2.45, 2.75) is 40.2 Å². The molecule has 0 unspecified atom stereocenters. The van der Waals surface area contributed by atoms with Crippen molar-refractivity contribution in [2.75, 3.05) is 18.1 Å². The molecule has 0 aliphatic heterocycles. The second-order valence-corrected chi connectivity index (χ2v) is 9.30. The number of aryl methyl sites for hydroxylation is 1. The van der Waals surface area contributed by atoms with Crippen LogP contribution in [0.15, 0.2) is 16.8 Å². The Balaban J connectivity index is 2.89. The van der Waals surface area contributed by atoms with Gasteiger partial charge in [-0.2, -0.15) is 0 Å². The van der Waals surface area contributed by atoms with Gasteiger partial charge in [0.25, 0.3) is 0 Å². The van der Waals surface area contributed by atoms with E-state index in [-0.39, 0.29) is 6.61 Å². The van der Waals surface area contributed by atoms with Crippen LogP contribution in [0.1, 0.15) is 38.1 Å². The number of nitrogens with two attached hydrogens (primary N) is 1. The van der Waals surface area contributed by atoms with Crippen molar-refractivity contribution >= 4 is 43.6 Å².